The van der Waals surface area contributed by atoms with Crippen molar-refractivity contribution in [2.75, 3.05) is 30.0 Å². The highest BCUT2D eigenvalue weighted by Gasteiger charge is 2.27. The number of anilines is 2. The molecule has 0 radical (unpaired) electrons. The van der Waals surface area contributed by atoms with Crippen LogP contribution < -0.4 is 9.80 Å². The zero-order valence-electron chi connectivity index (χ0n) is 11.5. The van der Waals surface area contributed by atoms with Crippen molar-refractivity contribution in [1.82, 2.24) is 9.97 Å². The van der Waals surface area contributed by atoms with Crippen LogP contribution in [0.3, 0.4) is 0 Å². The van der Waals surface area contributed by atoms with Gasteiger partial charge in [-0.1, -0.05) is 0 Å². The van der Waals surface area contributed by atoms with Crippen molar-refractivity contribution < 1.29 is 5.11 Å². The van der Waals surface area contributed by atoms with Crippen molar-refractivity contribution in [3.8, 4) is 0 Å². The van der Waals surface area contributed by atoms with Crippen LogP contribution in [0.1, 0.15) is 32.1 Å². The van der Waals surface area contributed by atoms with Gasteiger partial charge in [-0.25, -0.2) is 9.97 Å². The summed E-state index contributed by atoms with van der Waals surface area (Å²) in [6.45, 7) is 1.19. The lowest BCUT2D eigenvalue weighted by molar-refractivity contribution is 0.266. The Morgan fingerprint density at radius 2 is 2.16 bits per heavy atom. The quantitative estimate of drug-likeness (QED) is 0.889. The number of aliphatic hydroxyl groups excluding tert-OH is 1. The fourth-order valence-electron chi connectivity index (χ4n) is 2.98. The van der Waals surface area contributed by atoms with Gasteiger partial charge < -0.3 is 14.9 Å². The van der Waals surface area contributed by atoms with Crippen molar-refractivity contribution in [2.45, 2.75) is 44.2 Å². The first-order valence-corrected chi connectivity index (χ1v) is 7.22. The Labute approximate surface area is 114 Å². The summed E-state index contributed by atoms with van der Waals surface area (Å²) in [6.07, 6.45) is 7.67. The Balaban J connectivity index is 1.79. The Bertz CT molecular complexity index is 435. The van der Waals surface area contributed by atoms with Crippen LogP contribution >= 0.6 is 0 Å². The summed E-state index contributed by atoms with van der Waals surface area (Å²) in [5.41, 5.74) is 0. The first-order chi connectivity index (χ1) is 9.29. The minimum Gasteiger partial charge on any atom is -0.394 e. The minimum absolute atomic E-state index is 0.206. The van der Waals surface area contributed by atoms with Gasteiger partial charge in [0.05, 0.1) is 12.6 Å². The highest BCUT2D eigenvalue weighted by Crippen LogP contribution is 2.30. The van der Waals surface area contributed by atoms with E-state index in [-0.39, 0.29) is 12.6 Å². The molecule has 1 N–H and O–H groups in total. The number of hydrogen-bond acceptors (Lipinski definition) is 5. The van der Waals surface area contributed by atoms with Crippen LogP contribution in [-0.4, -0.2) is 47.4 Å². The second-order valence-corrected chi connectivity index (χ2v) is 5.60. The van der Waals surface area contributed by atoms with E-state index in [9.17, 15) is 5.11 Å². The molecule has 0 spiro atoms. The van der Waals surface area contributed by atoms with Gasteiger partial charge in [-0.15, -0.1) is 0 Å². The standard InChI is InChI=1S/C14H22N4O/c1-17(11-4-2-5-11)13-8-14(16-10-15-13)18-7-3-6-12(18)9-19/h8,10-12,19H,2-7,9H2,1H3. The zero-order chi connectivity index (χ0) is 13.2. The highest BCUT2D eigenvalue weighted by atomic mass is 16.3. The van der Waals surface area contributed by atoms with E-state index in [0.717, 1.165) is 31.0 Å². The SMILES string of the molecule is CN(c1cc(N2CCCC2CO)ncn1)C1CCC1. The maximum absolute atomic E-state index is 9.42. The topological polar surface area (TPSA) is 52.5 Å². The molecule has 1 atom stereocenters. The molecule has 19 heavy (non-hydrogen) atoms. The zero-order valence-corrected chi connectivity index (χ0v) is 11.5. The second-order valence-electron chi connectivity index (χ2n) is 5.60. The maximum atomic E-state index is 9.42. The van der Waals surface area contributed by atoms with E-state index in [1.165, 1.54) is 19.3 Å². The van der Waals surface area contributed by atoms with Crippen LogP contribution in [0.4, 0.5) is 11.6 Å². The van der Waals surface area contributed by atoms with Crippen molar-refractivity contribution in [3.63, 3.8) is 0 Å². The lowest BCUT2D eigenvalue weighted by Gasteiger charge is -2.36. The fraction of sp³-hybridized carbons (Fsp3) is 0.714. The van der Waals surface area contributed by atoms with E-state index >= 15 is 0 Å². The van der Waals surface area contributed by atoms with Gasteiger partial charge in [0.15, 0.2) is 0 Å². The Kier molecular flexibility index (Phi) is 3.55. The highest BCUT2D eigenvalue weighted by molar-refractivity contribution is 5.51. The fourth-order valence-corrected chi connectivity index (χ4v) is 2.98. The summed E-state index contributed by atoms with van der Waals surface area (Å²) in [6, 6.07) is 2.92. The van der Waals surface area contributed by atoms with E-state index < -0.39 is 0 Å². The van der Waals surface area contributed by atoms with Crippen molar-refractivity contribution >= 4 is 11.6 Å². The number of nitrogens with zero attached hydrogens (tertiary/aromatic N) is 4. The van der Waals surface area contributed by atoms with Crippen molar-refractivity contribution in [3.05, 3.63) is 12.4 Å². The third kappa shape index (κ3) is 2.39. The van der Waals surface area contributed by atoms with Crippen LogP contribution in [0.5, 0.6) is 0 Å². The molecule has 1 aliphatic heterocycles. The van der Waals surface area contributed by atoms with E-state index in [4.69, 9.17) is 0 Å². The average molecular weight is 262 g/mol. The number of hydrogen-bond donors (Lipinski definition) is 1. The second kappa shape index (κ2) is 5.33. The largest absolute Gasteiger partial charge is 0.394 e. The predicted molar refractivity (Wildman–Crippen MR) is 75.5 cm³/mol. The molecule has 2 fully saturated rings. The van der Waals surface area contributed by atoms with E-state index in [1.54, 1.807) is 6.33 Å². The first-order valence-electron chi connectivity index (χ1n) is 7.22. The Morgan fingerprint density at radius 1 is 1.32 bits per heavy atom. The first kappa shape index (κ1) is 12.7. The molecule has 1 aromatic rings. The van der Waals surface area contributed by atoms with Gasteiger partial charge in [0.1, 0.15) is 18.0 Å². The van der Waals surface area contributed by atoms with E-state index in [1.807, 2.05) is 0 Å². The van der Waals surface area contributed by atoms with Crippen LogP contribution in [0.2, 0.25) is 0 Å². The third-order valence-electron chi connectivity index (χ3n) is 4.50. The van der Waals surface area contributed by atoms with Gasteiger partial charge in [0.2, 0.25) is 0 Å². The average Bonchev–Trinajstić information content (AvgIpc) is 2.85. The Hall–Kier alpha value is -1.36. The molecule has 3 rings (SSSR count). The summed E-state index contributed by atoms with van der Waals surface area (Å²) in [5, 5.41) is 9.42. The maximum Gasteiger partial charge on any atom is 0.134 e. The molecule has 1 aliphatic carbocycles. The minimum atomic E-state index is 0.206. The number of rotatable bonds is 4. The summed E-state index contributed by atoms with van der Waals surface area (Å²) >= 11 is 0. The predicted octanol–water partition coefficient (Wildman–Crippen LogP) is 1.43. The van der Waals surface area contributed by atoms with Crippen molar-refractivity contribution in [2.24, 2.45) is 0 Å². The third-order valence-corrected chi connectivity index (χ3v) is 4.50. The molecule has 2 aliphatic rings. The molecule has 104 valence electrons. The van der Waals surface area contributed by atoms with Gasteiger partial charge >= 0.3 is 0 Å². The molecular weight excluding hydrogens is 240 g/mol. The van der Waals surface area contributed by atoms with Crippen LogP contribution in [0, 0.1) is 0 Å². The molecule has 0 aromatic carbocycles. The lowest BCUT2D eigenvalue weighted by atomic mass is 9.92. The number of aliphatic hydroxyl groups is 1. The molecule has 0 amide bonds. The Morgan fingerprint density at radius 3 is 2.84 bits per heavy atom. The molecule has 1 aromatic heterocycles. The van der Waals surface area contributed by atoms with Gasteiger partial charge in [-0.2, -0.15) is 0 Å². The molecule has 1 saturated carbocycles. The van der Waals surface area contributed by atoms with Gasteiger partial charge in [-0.05, 0) is 32.1 Å². The molecule has 5 nitrogen and oxygen atoms in total. The summed E-state index contributed by atoms with van der Waals surface area (Å²) in [5.74, 6) is 1.95. The van der Waals surface area contributed by atoms with E-state index in [0.29, 0.717) is 6.04 Å². The lowest BCUT2D eigenvalue weighted by Crippen LogP contribution is -2.38. The summed E-state index contributed by atoms with van der Waals surface area (Å²) in [4.78, 5) is 13.2. The normalized spacial score (nSPS) is 23.5. The van der Waals surface area contributed by atoms with Gasteiger partial charge in [-0.3, -0.25) is 0 Å². The van der Waals surface area contributed by atoms with Gasteiger partial charge in [0.25, 0.3) is 0 Å². The smallest absolute Gasteiger partial charge is 0.134 e. The molecule has 1 unspecified atom stereocenters. The molecule has 0 bridgehead atoms. The van der Waals surface area contributed by atoms with Gasteiger partial charge in [0, 0.05) is 25.7 Å². The van der Waals surface area contributed by atoms with Crippen molar-refractivity contribution in [1.29, 1.82) is 0 Å². The number of aromatic nitrogens is 2. The monoisotopic (exact) mass is 262 g/mol. The molecule has 2 heterocycles. The molecular formula is C14H22N4O. The van der Waals surface area contributed by atoms with Crippen LogP contribution in [-0.2, 0) is 0 Å². The van der Waals surface area contributed by atoms with Crippen LogP contribution in [0.15, 0.2) is 12.4 Å². The van der Waals surface area contributed by atoms with E-state index in [2.05, 4.69) is 32.9 Å². The summed E-state index contributed by atoms with van der Waals surface area (Å²) in [7, 11) is 2.11. The summed E-state index contributed by atoms with van der Waals surface area (Å²) < 4.78 is 0. The molecule has 1 saturated heterocycles. The molecule has 5 heteroatoms. The van der Waals surface area contributed by atoms with Crippen LogP contribution in [0.25, 0.3) is 0 Å².